The molecule has 0 atom stereocenters. The lowest BCUT2D eigenvalue weighted by Crippen LogP contribution is -2.49. The maximum atomic E-state index is 12.6. The van der Waals surface area contributed by atoms with Crippen molar-refractivity contribution in [3.63, 3.8) is 0 Å². The Hall–Kier alpha value is -2.76. The molecule has 134 valence electrons. The zero-order valence-electron chi connectivity index (χ0n) is 14.9. The number of anilines is 1. The fourth-order valence-electron chi connectivity index (χ4n) is 3.27. The van der Waals surface area contributed by atoms with Crippen LogP contribution in [0.25, 0.3) is 0 Å². The van der Waals surface area contributed by atoms with Crippen LogP contribution in [-0.2, 0) is 0 Å². The normalized spacial score (nSPS) is 17.3. The van der Waals surface area contributed by atoms with Gasteiger partial charge in [0.05, 0.1) is 5.69 Å². The Balaban J connectivity index is 1.36. The minimum atomic E-state index is 0.00595. The number of benzene rings is 1. The first-order chi connectivity index (χ1) is 12.6. The van der Waals surface area contributed by atoms with Gasteiger partial charge in [0, 0.05) is 43.2 Å². The number of hydrogen-bond acceptors (Lipinski definition) is 5. The van der Waals surface area contributed by atoms with Crippen molar-refractivity contribution in [2.75, 3.05) is 31.1 Å². The van der Waals surface area contributed by atoms with Crippen LogP contribution in [0, 0.1) is 0 Å². The standard InChI is InChI=1S/C20H22N4O2/c1-14(25)15-2-6-17(7-3-15)20(26)24-12-10-23(11-13-24)19-9-8-18(21-22-19)16-4-5-16/h2-3,6-9,16H,4-5,10-13H2,1H3. The Kier molecular flexibility index (Phi) is 4.41. The average molecular weight is 350 g/mol. The van der Waals surface area contributed by atoms with E-state index >= 15 is 0 Å². The third-order valence-corrected chi connectivity index (χ3v) is 5.10. The Morgan fingerprint density at radius 1 is 0.885 bits per heavy atom. The van der Waals surface area contributed by atoms with Crippen LogP contribution in [0.5, 0.6) is 0 Å². The highest BCUT2D eigenvalue weighted by atomic mass is 16.2. The highest BCUT2D eigenvalue weighted by Gasteiger charge is 2.26. The second-order valence-corrected chi connectivity index (χ2v) is 7.00. The zero-order valence-corrected chi connectivity index (χ0v) is 14.9. The van der Waals surface area contributed by atoms with Crippen LogP contribution in [0.1, 0.15) is 52.1 Å². The van der Waals surface area contributed by atoms with E-state index in [-0.39, 0.29) is 11.7 Å². The molecule has 2 fully saturated rings. The molecule has 1 aromatic carbocycles. The number of carbonyl (C=O) groups is 2. The van der Waals surface area contributed by atoms with Gasteiger partial charge in [-0.1, -0.05) is 12.1 Å². The Bertz CT molecular complexity index is 805. The van der Waals surface area contributed by atoms with Gasteiger partial charge in [-0.05, 0) is 44.0 Å². The number of rotatable bonds is 4. The van der Waals surface area contributed by atoms with Crippen molar-refractivity contribution >= 4 is 17.5 Å². The molecule has 1 aliphatic carbocycles. The van der Waals surface area contributed by atoms with Gasteiger partial charge in [0.15, 0.2) is 11.6 Å². The topological polar surface area (TPSA) is 66.4 Å². The smallest absolute Gasteiger partial charge is 0.253 e. The lowest BCUT2D eigenvalue weighted by molar-refractivity contribution is 0.0746. The van der Waals surface area contributed by atoms with Gasteiger partial charge in [-0.25, -0.2) is 0 Å². The van der Waals surface area contributed by atoms with Crippen molar-refractivity contribution in [2.45, 2.75) is 25.7 Å². The first-order valence-electron chi connectivity index (χ1n) is 9.10. The van der Waals surface area contributed by atoms with Gasteiger partial charge in [-0.2, -0.15) is 5.10 Å². The number of carbonyl (C=O) groups excluding carboxylic acids is 2. The molecule has 0 unspecified atom stereocenters. The Morgan fingerprint density at radius 2 is 1.54 bits per heavy atom. The van der Waals surface area contributed by atoms with Crippen molar-refractivity contribution in [3.05, 3.63) is 53.2 Å². The lowest BCUT2D eigenvalue weighted by atomic mass is 10.1. The number of piperazine rings is 1. The predicted molar refractivity (Wildman–Crippen MR) is 98.6 cm³/mol. The van der Waals surface area contributed by atoms with Gasteiger partial charge >= 0.3 is 0 Å². The molecule has 1 amide bonds. The minimum Gasteiger partial charge on any atom is -0.352 e. The highest BCUT2D eigenvalue weighted by Crippen LogP contribution is 2.38. The first kappa shape index (κ1) is 16.7. The second-order valence-electron chi connectivity index (χ2n) is 7.00. The molecule has 6 heteroatoms. The van der Waals surface area contributed by atoms with E-state index in [2.05, 4.69) is 21.2 Å². The van der Waals surface area contributed by atoms with Crippen LogP contribution in [0.4, 0.5) is 5.82 Å². The molecule has 26 heavy (non-hydrogen) atoms. The third kappa shape index (κ3) is 3.45. The van der Waals surface area contributed by atoms with Gasteiger partial charge in [-0.15, -0.1) is 5.10 Å². The van der Waals surface area contributed by atoms with E-state index in [4.69, 9.17) is 0 Å². The Morgan fingerprint density at radius 3 is 2.08 bits per heavy atom. The summed E-state index contributed by atoms with van der Waals surface area (Å²) in [6.45, 7) is 4.32. The maximum absolute atomic E-state index is 12.6. The monoisotopic (exact) mass is 350 g/mol. The summed E-state index contributed by atoms with van der Waals surface area (Å²) in [4.78, 5) is 28.0. The molecule has 1 aliphatic heterocycles. The molecule has 0 spiro atoms. The average Bonchev–Trinajstić information content (AvgIpc) is 3.53. The highest BCUT2D eigenvalue weighted by molar-refractivity contribution is 5.97. The van der Waals surface area contributed by atoms with E-state index in [9.17, 15) is 9.59 Å². The summed E-state index contributed by atoms with van der Waals surface area (Å²) in [7, 11) is 0. The van der Waals surface area contributed by atoms with Crippen LogP contribution >= 0.6 is 0 Å². The summed E-state index contributed by atoms with van der Waals surface area (Å²) in [6, 6.07) is 11.0. The number of amides is 1. The van der Waals surface area contributed by atoms with Crippen LogP contribution < -0.4 is 4.90 Å². The van der Waals surface area contributed by atoms with E-state index in [1.54, 1.807) is 24.3 Å². The number of nitrogens with zero attached hydrogens (tertiary/aromatic N) is 4. The zero-order chi connectivity index (χ0) is 18.1. The van der Waals surface area contributed by atoms with E-state index in [1.165, 1.54) is 19.8 Å². The minimum absolute atomic E-state index is 0.00595. The van der Waals surface area contributed by atoms with Crippen molar-refractivity contribution in [3.8, 4) is 0 Å². The number of hydrogen-bond donors (Lipinski definition) is 0. The van der Waals surface area contributed by atoms with E-state index in [0.717, 1.165) is 24.6 Å². The van der Waals surface area contributed by atoms with Crippen molar-refractivity contribution in [1.82, 2.24) is 15.1 Å². The van der Waals surface area contributed by atoms with E-state index < -0.39 is 0 Å². The van der Waals surface area contributed by atoms with Crippen molar-refractivity contribution < 1.29 is 9.59 Å². The van der Waals surface area contributed by atoms with Gasteiger partial charge in [0.25, 0.3) is 5.91 Å². The molecule has 0 bridgehead atoms. The lowest BCUT2D eigenvalue weighted by Gasteiger charge is -2.35. The summed E-state index contributed by atoms with van der Waals surface area (Å²) < 4.78 is 0. The maximum Gasteiger partial charge on any atom is 0.253 e. The molecule has 2 heterocycles. The molecule has 1 aromatic heterocycles. The SMILES string of the molecule is CC(=O)c1ccc(C(=O)N2CCN(c3ccc(C4CC4)nn3)CC2)cc1. The molecule has 1 saturated carbocycles. The molecule has 4 rings (SSSR count). The van der Waals surface area contributed by atoms with Gasteiger partial charge in [0.1, 0.15) is 0 Å². The fourth-order valence-corrected chi connectivity index (χ4v) is 3.27. The summed E-state index contributed by atoms with van der Waals surface area (Å²) in [5, 5.41) is 8.70. The molecule has 0 N–H and O–H groups in total. The van der Waals surface area contributed by atoms with Gasteiger partial charge in [-0.3, -0.25) is 9.59 Å². The fraction of sp³-hybridized carbons (Fsp3) is 0.400. The summed E-state index contributed by atoms with van der Waals surface area (Å²) in [6.07, 6.45) is 2.45. The largest absolute Gasteiger partial charge is 0.352 e. The van der Waals surface area contributed by atoms with Gasteiger partial charge in [0.2, 0.25) is 0 Å². The molecular weight excluding hydrogens is 328 g/mol. The van der Waals surface area contributed by atoms with Crippen molar-refractivity contribution in [2.24, 2.45) is 0 Å². The summed E-state index contributed by atoms with van der Waals surface area (Å²) in [5.74, 6) is 1.51. The van der Waals surface area contributed by atoms with Crippen LogP contribution in [-0.4, -0.2) is 53.0 Å². The molecular formula is C20H22N4O2. The number of ketones is 1. The van der Waals surface area contributed by atoms with Crippen LogP contribution in [0.2, 0.25) is 0 Å². The Labute approximate surface area is 152 Å². The molecule has 2 aliphatic rings. The van der Waals surface area contributed by atoms with E-state index in [0.29, 0.717) is 30.1 Å². The number of Topliss-reactive ketones (excluding diaryl/α,β-unsaturated/α-hetero) is 1. The molecule has 2 aromatic rings. The predicted octanol–water partition coefficient (Wildman–Crippen LogP) is 2.52. The second kappa shape index (κ2) is 6.86. The van der Waals surface area contributed by atoms with Gasteiger partial charge < -0.3 is 9.80 Å². The van der Waals surface area contributed by atoms with Crippen LogP contribution in [0.15, 0.2) is 36.4 Å². The summed E-state index contributed by atoms with van der Waals surface area (Å²) >= 11 is 0. The summed E-state index contributed by atoms with van der Waals surface area (Å²) in [5.41, 5.74) is 2.34. The first-order valence-corrected chi connectivity index (χ1v) is 9.10. The van der Waals surface area contributed by atoms with Crippen LogP contribution in [0.3, 0.4) is 0 Å². The molecule has 1 saturated heterocycles. The third-order valence-electron chi connectivity index (χ3n) is 5.10. The van der Waals surface area contributed by atoms with Crippen molar-refractivity contribution in [1.29, 1.82) is 0 Å². The number of aromatic nitrogens is 2. The molecule has 6 nitrogen and oxygen atoms in total. The quantitative estimate of drug-likeness (QED) is 0.793. The van der Waals surface area contributed by atoms with E-state index in [1.807, 2.05) is 11.0 Å². The molecule has 0 radical (unpaired) electrons.